The molecule has 0 radical (unpaired) electrons. The van der Waals surface area contributed by atoms with Crippen molar-refractivity contribution < 1.29 is 9.59 Å². The van der Waals surface area contributed by atoms with Crippen molar-refractivity contribution in [2.75, 3.05) is 45.8 Å². The van der Waals surface area contributed by atoms with Gasteiger partial charge in [0, 0.05) is 19.6 Å². The Kier molecular flexibility index (Phi) is 9.65. The van der Waals surface area contributed by atoms with Gasteiger partial charge in [-0.1, -0.05) is 30.3 Å². The summed E-state index contributed by atoms with van der Waals surface area (Å²) in [6, 6.07) is 10.4. The zero-order valence-corrected chi connectivity index (χ0v) is 19.2. The fourth-order valence-corrected chi connectivity index (χ4v) is 3.65. The number of rotatable bonds is 8. The zero-order chi connectivity index (χ0) is 19.8. The average molecular weight is 514 g/mol. The van der Waals surface area contributed by atoms with Crippen molar-refractivity contribution in [3.63, 3.8) is 0 Å². The molecule has 1 aromatic carbocycles. The molecule has 1 aromatic rings. The monoisotopic (exact) mass is 514 g/mol. The summed E-state index contributed by atoms with van der Waals surface area (Å²) in [5.41, 5.74) is 1.28. The van der Waals surface area contributed by atoms with Gasteiger partial charge in [-0.25, -0.2) is 4.79 Å². The van der Waals surface area contributed by atoms with Crippen LogP contribution in [0.1, 0.15) is 31.4 Å². The molecule has 9 heteroatoms. The smallest absolute Gasteiger partial charge is 0.324 e. The number of benzene rings is 1. The first kappa shape index (κ1) is 23.4. The predicted octanol–water partition coefficient (Wildman–Crippen LogP) is 1.55. The highest BCUT2D eigenvalue weighted by Gasteiger charge is 2.27. The number of aliphatic imine (C=N–C) groups is 1. The summed E-state index contributed by atoms with van der Waals surface area (Å²) in [6.45, 7) is 6.49. The van der Waals surface area contributed by atoms with E-state index in [1.165, 1.54) is 23.3 Å². The molecule has 2 saturated heterocycles. The van der Waals surface area contributed by atoms with Crippen molar-refractivity contribution in [1.29, 1.82) is 0 Å². The molecule has 1 atom stereocenters. The Bertz CT molecular complexity index is 677. The van der Waals surface area contributed by atoms with Crippen LogP contribution < -0.4 is 16.0 Å². The second-order valence-electron chi connectivity index (χ2n) is 7.02. The number of hydrogen-bond donors (Lipinski definition) is 3. The van der Waals surface area contributed by atoms with E-state index in [2.05, 4.69) is 45.1 Å². The van der Waals surface area contributed by atoms with E-state index in [1.54, 1.807) is 0 Å². The van der Waals surface area contributed by atoms with Crippen LogP contribution >= 0.6 is 24.0 Å². The Morgan fingerprint density at radius 3 is 2.52 bits per heavy atom. The number of carbonyl (C=O) groups excluding carboxylic acids is 2. The SMILES string of the molecule is CCNC(=NCC(c1ccccc1)N1CCCC1)NCCN1C(=O)CNC1=O.I. The highest BCUT2D eigenvalue weighted by Crippen LogP contribution is 2.25. The van der Waals surface area contributed by atoms with Crippen molar-refractivity contribution in [2.45, 2.75) is 25.8 Å². The number of carbonyl (C=O) groups is 2. The number of likely N-dealkylation sites (tertiary alicyclic amines) is 1. The maximum atomic E-state index is 11.7. The van der Waals surface area contributed by atoms with Crippen LogP contribution in [-0.4, -0.2) is 73.5 Å². The van der Waals surface area contributed by atoms with Gasteiger partial charge in [-0.3, -0.25) is 19.6 Å². The van der Waals surface area contributed by atoms with Gasteiger partial charge in [-0.2, -0.15) is 0 Å². The molecule has 3 rings (SSSR count). The Balaban J connectivity index is 0.00000300. The Hall–Kier alpha value is -1.88. The third-order valence-electron chi connectivity index (χ3n) is 5.10. The predicted molar refractivity (Wildman–Crippen MR) is 124 cm³/mol. The molecule has 0 spiro atoms. The highest BCUT2D eigenvalue weighted by molar-refractivity contribution is 14.0. The molecule has 2 heterocycles. The minimum atomic E-state index is -0.327. The maximum Gasteiger partial charge on any atom is 0.324 e. The molecule has 0 bridgehead atoms. The standard InChI is InChI=1S/C20H30N6O2.HI/c1-2-21-19(22-10-13-26-18(27)15-24-20(26)28)23-14-17(25-11-6-7-12-25)16-8-4-3-5-9-16;/h3-5,8-9,17H,2,6-7,10-15H2,1H3,(H,24,28)(H2,21,22,23);1H. The van der Waals surface area contributed by atoms with E-state index in [-0.39, 0.29) is 48.5 Å². The van der Waals surface area contributed by atoms with Crippen molar-refractivity contribution >= 4 is 41.9 Å². The van der Waals surface area contributed by atoms with Gasteiger partial charge in [0.15, 0.2) is 5.96 Å². The molecule has 2 aliphatic heterocycles. The van der Waals surface area contributed by atoms with Gasteiger partial charge in [-0.15, -0.1) is 24.0 Å². The van der Waals surface area contributed by atoms with Crippen LogP contribution in [0, 0.1) is 0 Å². The van der Waals surface area contributed by atoms with Gasteiger partial charge in [0.25, 0.3) is 0 Å². The fourth-order valence-electron chi connectivity index (χ4n) is 3.65. The van der Waals surface area contributed by atoms with E-state index >= 15 is 0 Å². The number of nitrogens with zero attached hydrogens (tertiary/aromatic N) is 3. The first-order valence-corrected chi connectivity index (χ1v) is 10.1. The van der Waals surface area contributed by atoms with E-state index in [0.717, 1.165) is 19.6 Å². The molecule has 0 saturated carbocycles. The normalized spacial score (nSPS) is 18.4. The molecule has 29 heavy (non-hydrogen) atoms. The molecule has 1 unspecified atom stereocenters. The number of hydrogen-bond acceptors (Lipinski definition) is 4. The Labute approximate surface area is 189 Å². The average Bonchev–Trinajstić information content (AvgIpc) is 3.34. The van der Waals surface area contributed by atoms with E-state index in [4.69, 9.17) is 4.99 Å². The summed E-state index contributed by atoms with van der Waals surface area (Å²) in [5, 5.41) is 9.01. The van der Waals surface area contributed by atoms with E-state index < -0.39 is 0 Å². The van der Waals surface area contributed by atoms with E-state index in [0.29, 0.717) is 25.6 Å². The number of urea groups is 1. The minimum Gasteiger partial charge on any atom is -0.357 e. The lowest BCUT2D eigenvalue weighted by Gasteiger charge is -2.27. The van der Waals surface area contributed by atoms with Crippen LogP contribution in [0.4, 0.5) is 4.79 Å². The van der Waals surface area contributed by atoms with Gasteiger partial charge in [0.1, 0.15) is 0 Å². The number of amides is 3. The largest absolute Gasteiger partial charge is 0.357 e. The van der Waals surface area contributed by atoms with Gasteiger partial charge in [-0.05, 0) is 38.4 Å². The Morgan fingerprint density at radius 2 is 1.90 bits per heavy atom. The van der Waals surface area contributed by atoms with Crippen LogP contribution in [0.3, 0.4) is 0 Å². The lowest BCUT2D eigenvalue weighted by atomic mass is 10.1. The van der Waals surface area contributed by atoms with Crippen LogP contribution in [0.5, 0.6) is 0 Å². The molecule has 8 nitrogen and oxygen atoms in total. The van der Waals surface area contributed by atoms with E-state index in [1.807, 2.05) is 13.0 Å². The highest BCUT2D eigenvalue weighted by atomic mass is 127. The van der Waals surface area contributed by atoms with Gasteiger partial charge in [0.05, 0.1) is 19.1 Å². The molecular weight excluding hydrogens is 483 g/mol. The third-order valence-corrected chi connectivity index (χ3v) is 5.10. The summed E-state index contributed by atoms with van der Waals surface area (Å²) >= 11 is 0. The molecule has 3 N–H and O–H groups in total. The van der Waals surface area contributed by atoms with Crippen LogP contribution in [0.15, 0.2) is 35.3 Å². The summed E-state index contributed by atoms with van der Waals surface area (Å²) < 4.78 is 0. The van der Waals surface area contributed by atoms with Crippen molar-refractivity contribution in [1.82, 2.24) is 25.8 Å². The number of nitrogens with one attached hydrogen (secondary N) is 3. The molecule has 3 amide bonds. The van der Waals surface area contributed by atoms with Gasteiger partial charge in [0.2, 0.25) is 5.91 Å². The summed E-state index contributed by atoms with van der Waals surface area (Å²) in [6.07, 6.45) is 2.47. The molecular formula is C20H31IN6O2. The van der Waals surface area contributed by atoms with Gasteiger partial charge < -0.3 is 16.0 Å². The number of guanidine groups is 1. The first-order chi connectivity index (χ1) is 13.7. The molecule has 160 valence electrons. The lowest BCUT2D eigenvalue weighted by molar-refractivity contribution is -0.124. The van der Waals surface area contributed by atoms with E-state index in [9.17, 15) is 9.59 Å². The fraction of sp³-hybridized carbons (Fsp3) is 0.550. The molecule has 2 aliphatic rings. The second kappa shape index (κ2) is 12.0. The summed E-state index contributed by atoms with van der Waals surface area (Å²) in [5.74, 6) is 0.515. The first-order valence-electron chi connectivity index (χ1n) is 10.1. The zero-order valence-electron chi connectivity index (χ0n) is 16.9. The van der Waals surface area contributed by atoms with Gasteiger partial charge >= 0.3 is 6.03 Å². The summed E-state index contributed by atoms with van der Waals surface area (Å²) in [4.78, 5) is 31.8. The van der Waals surface area contributed by atoms with Crippen LogP contribution in [0.2, 0.25) is 0 Å². The molecule has 2 fully saturated rings. The van der Waals surface area contributed by atoms with Crippen molar-refractivity contribution in [3.8, 4) is 0 Å². The Morgan fingerprint density at radius 1 is 1.17 bits per heavy atom. The summed E-state index contributed by atoms with van der Waals surface area (Å²) in [7, 11) is 0. The minimum absolute atomic E-state index is 0. The quantitative estimate of drug-likeness (QED) is 0.212. The maximum absolute atomic E-state index is 11.7. The number of halogens is 1. The van der Waals surface area contributed by atoms with Crippen LogP contribution in [-0.2, 0) is 4.79 Å². The molecule has 0 aromatic heterocycles. The van der Waals surface area contributed by atoms with Crippen LogP contribution in [0.25, 0.3) is 0 Å². The third kappa shape index (κ3) is 6.56. The number of imide groups is 1. The molecule has 0 aliphatic carbocycles. The van der Waals surface area contributed by atoms with Crippen molar-refractivity contribution in [2.24, 2.45) is 4.99 Å². The van der Waals surface area contributed by atoms with Crippen molar-refractivity contribution in [3.05, 3.63) is 35.9 Å². The lowest BCUT2D eigenvalue weighted by Crippen LogP contribution is -2.43. The second-order valence-corrected chi connectivity index (χ2v) is 7.02. The topological polar surface area (TPSA) is 89.1 Å².